The lowest BCUT2D eigenvalue weighted by Crippen LogP contribution is -2.12. The second-order valence-corrected chi connectivity index (χ2v) is 6.34. The van der Waals surface area contributed by atoms with E-state index in [1.54, 1.807) is 0 Å². The Bertz CT molecular complexity index is 227. The molecule has 0 saturated carbocycles. The van der Waals surface area contributed by atoms with Crippen LogP contribution in [-0.4, -0.2) is 19.4 Å². The van der Waals surface area contributed by atoms with Gasteiger partial charge in [0.15, 0.2) is 0 Å². The molecule has 0 aromatic heterocycles. The molecule has 3 heteroatoms. The summed E-state index contributed by atoms with van der Waals surface area (Å²) in [5, 5.41) is 0. The quantitative estimate of drug-likeness (QED) is 0.287. The van der Waals surface area contributed by atoms with Crippen LogP contribution in [0.1, 0.15) is 91.4 Å². The SMILES string of the molecule is CCCCCCCCCCCCCOC(=O)OCC(C)C. The van der Waals surface area contributed by atoms with E-state index in [1.807, 2.05) is 13.8 Å². The van der Waals surface area contributed by atoms with Crippen molar-refractivity contribution in [3.8, 4) is 0 Å². The highest BCUT2D eigenvalue weighted by Crippen LogP contribution is 2.11. The number of unbranched alkanes of at least 4 members (excludes halogenated alkanes) is 10. The van der Waals surface area contributed by atoms with E-state index in [-0.39, 0.29) is 0 Å². The fourth-order valence-corrected chi connectivity index (χ4v) is 2.20. The second-order valence-electron chi connectivity index (χ2n) is 6.34. The first-order chi connectivity index (χ1) is 10.2. The number of carbonyl (C=O) groups is 1. The van der Waals surface area contributed by atoms with E-state index in [4.69, 9.17) is 9.47 Å². The first-order valence-electron chi connectivity index (χ1n) is 8.96. The maximum atomic E-state index is 11.2. The van der Waals surface area contributed by atoms with Crippen LogP contribution in [0.25, 0.3) is 0 Å². The highest BCUT2D eigenvalue weighted by Gasteiger charge is 2.04. The lowest BCUT2D eigenvalue weighted by molar-refractivity contribution is 0.0465. The summed E-state index contributed by atoms with van der Waals surface area (Å²) in [4.78, 5) is 11.2. The third-order valence-electron chi connectivity index (χ3n) is 3.50. The van der Waals surface area contributed by atoms with Crippen LogP contribution >= 0.6 is 0 Å². The van der Waals surface area contributed by atoms with Gasteiger partial charge in [0.1, 0.15) is 0 Å². The molecule has 0 N–H and O–H groups in total. The lowest BCUT2D eigenvalue weighted by Gasteiger charge is -2.07. The van der Waals surface area contributed by atoms with E-state index < -0.39 is 6.16 Å². The monoisotopic (exact) mass is 300 g/mol. The molecule has 3 nitrogen and oxygen atoms in total. The van der Waals surface area contributed by atoms with Crippen LogP contribution in [0.2, 0.25) is 0 Å². The molecule has 0 amide bonds. The van der Waals surface area contributed by atoms with Crippen LogP contribution in [0.3, 0.4) is 0 Å². The van der Waals surface area contributed by atoms with Crippen LogP contribution < -0.4 is 0 Å². The van der Waals surface area contributed by atoms with E-state index >= 15 is 0 Å². The van der Waals surface area contributed by atoms with E-state index in [0.717, 1.165) is 12.8 Å². The lowest BCUT2D eigenvalue weighted by atomic mass is 10.1. The highest BCUT2D eigenvalue weighted by molar-refractivity contribution is 5.59. The van der Waals surface area contributed by atoms with E-state index in [1.165, 1.54) is 57.8 Å². The molecule has 21 heavy (non-hydrogen) atoms. The molecule has 0 saturated heterocycles. The molecular formula is C18H36O3. The Morgan fingerprint density at radius 2 is 1.24 bits per heavy atom. The van der Waals surface area contributed by atoms with Crippen LogP contribution in [0.4, 0.5) is 4.79 Å². The van der Waals surface area contributed by atoms with Crippen LogP contribution in [0.5, 0.6) is 0 Å². The molecule has 0 aromatic carbocycles. The largest absolute Gasteiger partial charge is 0.508 e. The van der Waals surface area contributed by atoms with Crippen molar-refractivity contribution in [1.29, 1.82) is 0 Å². The van der Waals surface area contributed by atoms with Gasteiger partial charge in [-0.15, -0.1) is 0 Å². The minimum Gasteiger partial charge on any atom is -0.434 e. The van der Waals surface area contributed by atoms with Crippen molar-refractivity contribution >= 4 is 6.16 Å². The Kier molecular flexibility index (Phi) is 15.1. The molecule has 0 aliphatic heterocycles. The molecule has 0 bridgehead atoms. The summed E-state index contributed by atoms with van der Waals surface area (Å²) in [6.45, 7) is 7.22. The Hall–Kier alpha value is -0.730. The molecule has 0 spiro atoms. The third kappa shape index (κ3) is 17.2. The molecule has 0 aliphatic carbocycles. The van der Waals surface area contributed by atoms with E-state index in [0.29, 0.717) is 19.1 Å². The fourth-order valence-electron chi connectivity index (χ4n) is 2.20. The van der Waals surface area contributed by atoms with Crippen molar-refractivity contribution in [3.63, 3.8) is 0 Å². The zero-order valence-electron chi connectivity index (χ0n) is 14.5. The summed E-state index contributed by atoms with van der Waals surface area (Å²) in [7, 11) is 0. The van der Waals surface area contributed by atoms with Gasteiger partial charge in [-0.25, -0.2) is 4.79 Å². The van der Waals surface area contributed by atoms with Crippen LogP contribution in [0, 0.1) is 5.92 Å². The van der Waals surface area contributed by atoms with Gasteiger partial charge in [0, 0.05) is 0 Å². The van der Waals surface area contributed by atoms with Crippen molar-refractivity contribution in [2.45, 2.75) is 91.4 Å². The zero-order valence-corrected chi connectivity index (χ0v) is 14.5. The standard InChI is InChI=1S/C18H36O3/c1-4-5-6-7-8-9-10-11-12-13-14-15-20-18(19)21-16-17(2)3/h17H,4-16H2,1-3H3. The number of hydrogen-bond donors (Lipinski definition) is 0. The van der Waals surface area contributed by atoms with Gasteiger partial charge >= 0.3 is 6.16 Å². The van der Waals surface area contributed by atoms with Gasteiger partial charge in [0.2, 0.25) is 0 Å². The summed E-state index contributed by atoms with van der Waals surface area (Å²) >= 11 is 0. The summed E-state index contributed by atoms with van der Waals surface area (Å²) in [5.74, 6) is 0.361. The predicted molar refractivity (Wildman–Crippen MR) is 88.6 cm³/mol. The minimum absolute atomic E-state index is 0.361. The van der Waals surface area contributed by atoms with Crippen LogP contribution in [-0.2, 0) is 9.47 Å². The van der Waals surface area contributed by atoms with Gasteiger partial charge in [-0.1, -0.05) is 85.0 Å². The molecular weight excluding hydrogens is 264 g/mol. The van der Waals surface area contributed by atoms with E-state index in [9.17, 15) is 4.79 Å². The Labute approximate surface area is 131 Å². The van der Waals surface area contributed by atoms with Gasteiger partial charge in [0.05, 0.1) is 13.2 Å². The topological polar surface area (TPSA) is 35.5 Å². The average molecular weight is 300 g/mol. The average Bonchev–Trinajstić information content (AvgIpc) is 2.46. The normalized spacial score (nSPS) is 10.9. The minimum atomic E-state index is -0.518. The molecule has 0 radical (unpaired) electrons. The smallest absolute Gasteiger partial charge is 0.434 e. The van der Waals surface area contributed by atoms with Crippen molar-refractivity contribution in [2.24, 2.45) is 5.92 Å². The third-order valence-corrected chi connectivity index (χ3v) is 3.50. The molecule has 0 heterocycles. The summed E-state index contributed by atoms with van der Waals surface area (Å²) in [6, 6.07) is 0. The second kappa shape index (κ2) is 15.7. The molecule has 0 atom stereocenters. The summed E-state index contributed by atoms with van der Waals surface area (Å²) < 4.78 is 9.96. The van der Waals surface area contributed by atoms with Gasteiger partial charge in [-0.2, -0.15) is 0 Å². The van der Waals surface area contributed by atoms with E-state index in [2.05, 4.69) is 6.92 Å². The van der Waals surface area contributed by atoms with Gasteiger partial charge in [-0.05, 0) is 12.3 Å². The molecule has 0 aliphatic rings. The molecule has 0 fully saturated rings. The fraction of sp³-hybridized carbons (Fsp3) is 0.944. The van der Waals surface area contributed by atoms with Crippen LogP contribution in [0.15, 0.2) is 0 Å². The maximum absolute atomic E-state index is 11.2. The molecule has 0 unspecified atom stereocenters. The first-order valence-corrected chi connectivity index (χ1v) is 8.96. The predicted octanol–water partition coefficient (Wildman–Crippen LogP) is 6.11. The molecule has 126 valence electrons. The number of carbonyl (C=O) groups excluding carboxylic acids is 1. The number of hydrogen-bond acceptors (Lipinski definition) is 3. The van der Waals surface area contributed by atoms with Crippen molar-refractivity contribution in [2.75, 3.05) is 13.2 Å². The summed E-state index contributed by atoms with van der Waals surface area (Å²) in [6.07, 6.45) is 13.8. The van der Waals surface area contributed by atoms with Gasteiger partial charge < -0.3 is 9.47 Å². The first kappa shape index (κ1) is 20.3. The summed E-state index contributed by atoms with van der Waals surface area (Å²) in [5.41, 5.74) is 0. The van der Waals surface area contributed by atoms with Crippen molar-refractivity contribution < 1.29 is 14.3 Å². The maximum Gasteiger partial charge on any atom is 0.508 e. The Morgan fingerprint density at radius 1 is 0.762 bits per heavy atom. The van der Waals surface area contributed by atoms with Gasteiger partial charge in [0.25, 0.3) is 0 Å². The van der Waals surface area contributed by atoms with Crippen molar-refractivity contribution in [1.82, 2.24) is 0 Å². The zero-order chi connectivity index (χ0) is 15.8. The molecule has 0 aromatic rings. The molecule has 0 rings (SSSR count). The number of rotatable bonds is 14. The highest BCUT2D eigenvalue weighted by atomic mass is 16.7. The Balaban J connectivity index is 3.10. The Morgan fingerprint density at radius 3 is 1.71 bits per heavy atom. The number of ether oxygens (including phenoxy) is 2. The van der Waals surface area contributed by atoms with Crippen molar-refractivity contribution in [3.05, 3.63) is 0 Å². The van der Waals surface area contributed by atoms with Gasteiger partial charge in [-0.3, -0.25) is 0 Å².